The van der Waals surface area contributed by atoms with Crippen molar-refractivity contribution in [2.45, 2.75) is 38.4 Å². The summed E-state index contributed by atoms with van der Waals surface area (Å²) in [5.74, 6) is 1.18. The lowest BCUT2D eigenvalue weighted by Crippen LogP contribution is -2.52. The molecule has 37 heavy (non-hydrogen) atoms. The van der Waals surface area contributed by atoms with Crippen molar-refractivity contribution in [3.63, 3.8) is 0 Å². The standard InChI is InChI=1S/C30H31N3O4/c1-19(31-2)29(34)32-25-14-11-20-7-4-5-8-26(20)33(30(25)35)18-24-23-13-10-22(27-9-6-16-37-27)17-21(23)12-15-28(24)36-3/h4-10,12-13,15-17,19,25,31H,11,14,18H2,1-3H3,(H,32,34)/t19?,25-/m0/s1. The highest BCUT2D eigenvalue weighted by Gasteiger charge is 2.33. The number of hydrogen-bond donors (Lipinski definition) is 2. The first-order valence-corrected chi connectivity index (χ1v) is 12.5. The molecule has 1 aliphatic heterocycles. The van der Waals surface area contributed by atoms with Crippen LogP contribution in [0.4, 0.5) is 5.69 Å². The van der Waals surface area contributed by atoms with E-state index in [1.54, 1.807) is 32.2 Å². The maximum Gasteiger partial charge on any atom is 0.249 e. The number of para-hydroxylation sites is 1. The first kappa shape index (κ1) is 24.6. The molecule has 1 unspecified atom stereocenters. The molecule has 0 saturated heterocycles. The third-order valence-corrected chi connectivity index (χ3v) is 7.12. The fourth-order valence-corrected chi connectivity index (χ4v) is 4.92. The lowest BCUT2D eigenvalue weighted by molar-refractivity contribution is -0.128. The lowest BCUT2D eigenvalue weighted by Gasteiger charge is -2.28. The monoisotopic (exact) mass is 497 g/mol. The molecule has 2 atom stereocenters. The quantitative estimate of drug-likeness (QED) is 0.387. The molecule has 1 aromatic heterocycles. The molecule has 7 heteroatoms. The number of hydrogen-bond acceptors (Lipinski definition) is 5. The lowest BCUT2D eigenvalue weighted by atomic mass is 9.99. The van der Waals surface area contributed by atoms with Gasteiger partial charge in [-0.25, -0.2) is 0 Å². The van der Waals surface area contributed by atoms with Gasteiger partial charge >= 0.3 is 0 Å². The Kier molecular flexibility index (Phi) is 6.97. The minimum absolute atomic E-state index is 0.132. The minimum Gasteiger partial charge on any atom is -0.496 e. The van der Waals surface area contributed by atoms with Crippen molar-refractivity contribution >= 4 is 28.3 Å². The summed E-state index contributed by atoms with van der Waals surface area (Å²) in [6.07, 6.45) is 2.89. The Morgan fingerprint density at radius 3 is 2.73 bits per heavy atom. The van der Waals surface area contributed by atoms with Crippen LogP contribution in [0.5, 0.6) is 5.75 Å². The second-order valence-corrected chi connectivity index (χ2v) is 9.32. The molecule has 0 aliphatic carbocycles. The van der Waals surface area contributed by atoms with Gasteiger partial charge in [-0.05, 0) is 73.5 Å². The van der Waals surface area contributed by atoms with E-state index in [9.17, 15) is 9.59 Å². The van der Waals surface area contributed by atoms with Gasteiger partial charge in [-0.15, -0.1) is 0 Å². The fraction of sp³-hybridized carbons (Fsp3) is 0.267. The van der Waals surface area contributed by atoms with Crippen molar-refractivity contribution in [2.75, 3.05) is 19.1 Å². The van der Waals surface area contributed by atoms with Gasteiger partial charge in [0.25, 0.3) is 0 Å². The number of amides is 2. The summed E-state index contributed by atoms with van der Waals surface area (Å²) in [4.78, 5) is 28.4. The van der Waals surface area contributed by atoms with Crippen molar-refractivity contribution in [1.82, 2.24) is 10.6 Å². The average Bonchev–Trinajstić information content (AvgIpc) is 3.44. The van der Waals surface area contributed by atoms with E-state index in [1.807, 2.05) is 60.7 Å². The average molecular weight is 498 g/mol. The number of fused-ring (bicyclic) bond motifs is 2. The molecular weight excluding hydrogens is 466 g/mol. The van der Waals surface area contributed by atoms with Crippen molar-refractivity contribution in [2.24, 2.45) is 0 Å². The second kappa shape index (κ2) is 10.5. The minimum atomic E-state index is -0.623. The van der Waals surface area contributed by atoms with Gasteiger partial charge in [-0.1, -0.05) is 36.4 Å². The molecule has 2 heterocycles. The van der Waals surface area contributed by atoms with Crippen LogP contribution in [0.25, 0.3) is 22.1 Å². The topological polar surface area (TPSA) is 83.8 Å². The molecule has 0 spiro atoms. The van der Waals surface area contributed by atoms with Crippen LogP contribution in [0, 0.1) is 0 Å². The van der Waals surface area contributed by atoms with E-state index >= 15 is 0 Å². The summed E-state index contributed by atoms with van der Waals surface area (Å²) in [5.41, 5.74) is 3.82. The number of nitrogens with one attached hydrogen (secondary N) is 2. The van der Waals surface area contributed by atoms with Gasteiger partial charge in [0.15, 0.2) is 0 Å². The van der Waals surface area contributed by atoms with Gasteiger partial charge in [-0.2, -0.15) is 0 Å². The molecule has 3 aromatic carbocycles. The number of ether oxygens (including phenoxy) is 1. The van der Waals surface area contributed by atoms with E-state index in [0.29, 0.717) is 25.1 Å². The zero-order chi connectivity index (χ0) is 25.9. The third-order valence-electron chi connectivity index (χ3n) is 7.12. The Morgan fingerprint density at radius 2 is 1.97 bits per heavy atom. The number of likely N-dealkylation sites (N-methyl/N-ethyl adjacent to an activating group) is 1. The van der Waals surface area contributed by atoms with Gasteiger partial charge in [0, 0.05) is 16.8 Å². The molecule has 2 amide bonds. The number of nitrogens with zero attached hydrogens (tertiary/aromatic N) is 1. The molecule has 2 N–H and O–H groups in total. The molecule has 0 saturated carbocycles. The number of rotatable bonds is 7. The highest BCUT2D eigenvalue weighted by atomic mass is 16.5. The summed E-state index contributed by atoms with van der Waals surface area (Å²) < 4.78 is 11.3. The highest BCUT2D eigenvalue weighted by Crippen LogP contribution is 2.35. The van der Waals surface area contributed by atoms with Crippen molar-refractivity contribution in [3.05, 3.63) is 84.1 Å². The van der Waals surface area contributed by atoms with Crippen LogP contribution in [0.1, 0.15) is 24.5 Å². The summed E-state index contributed by atoms with van der Waals surface area (Å²) in [7, 11) is 3.37. The van der Waals surface area contributed by atoms with Crippen molar-refractivity contribution in [3.8, 4) is 17.1 Å². The Morgan fingerprint density at radius 1 is 1.14 bits per heavy atom. The Labute approximate surface area is 216 Å². The number of carbonyl (C=O) groups is 2. The number of anilines is 1. The smallest absolute Gasteiger partial charge is 0.249 e. The maximum atomic E-state index is 13.9. The first-order valence-electron chi connectivity index (χ1n) is 12.5. The van der Waals surface area contributed by atoms with Gasteiger partial charge in [-0.3, -0.25) is 9.59 Å². The zero-order valence-electron chi connectivity index (χ0n) is 21.3. The van der Waals surface area contributed by atoms with E-state index in [0.717, 1.165) is 38.9 Å². The first-order chi connectivity index (χ1) is 18.0. The SMILES string of the molecule is CNC(C)C(=O)N[C@H]1CCc2ccccc2N(Cc2c(OC)ccc3cc(-c4ccco4)ccc23)C1=O. The predicted octanol–water partition coefficient (Wildman–Crippen LogP) is 4.68. The number of benzene rings is 3. The normalized spacial score (nSPS) is 16.2. The second-order valence-electron chi connectivity index (χ2n) is 9.32. The van der Waals surface area contributed by atoms with E-state index < -0.39 is 12.1 Å². The van der Waals surface area contributed by atoms with Crippen LogP contribution in [0.3, 0.4) is 0 Å². The zero-order valence-corrected chi connectivity index (χ0v) is 21.3. The van der Waals surface area contributed by atoms with Crippen LogP contribution in [-0.4, -0.2) is 38.1 Å². The molecule has 190 valence electrons. The summed E-state index contributed by atoms with van der Waals surface area (Å²) in [6, 6.07) is 20.8. The maximum absolute atomic E-state index is 13.9. The van der Waals surface area contributed by atoms with E-state index in [2.05, 4.69) is 16.7 Å². The molecule has 0 fully saturated rings. The molecular formula is C30H31N3O4. The van der Waals surface area contributed by atoms with Crippen LogP contribution in [-0.2, 0) is 22.6 Å². The Hall–Kier alpha value is -4.10. The number of methoxy groups -OCH3 is 1. The van der Waals surface area contributed by atoms with Crippen molar-refractivity contribution in [1.29, 1.82) is 0 Å². The molecule has 1 aliphatic rings. The van der Waals surface area contributed by atoms with Crippen molar-refractivity contribution < 1.29 is 18.7 Å². The summed E-state index contributed by atoms with van der Waals surface area (Å²) in [6.45, 7) is 2.09. The Bertz CT molecular complexity index is 1430. The Balaban J connectivity index is 1.56. The molecule has 4 aromatic rings. The summed E-state index contributed by atoms with van der Waals surface area (Å²) >= 11 is 0. The van der Waals surface area contributed by atoms with Gasteiger partial charge in [0.05, 0.1) is 26.0 Å². The highest BCUT2D eigenvalue weighted by molar-refractivity contribution is 6.02. The van der Waals surface area contributed by atoms with E-state index in [4.69, 9.17) is 9.15 Å². The summed E-state index contributed by atoms with van der Waals surface area (Å²) in [5, 5.41) is 7.92. The van der Waals surface area contributed by atoms with E-state index in [1.165, 1.54) is 0 Å². The number of carbonyl (C=O) groups excluding carboxylic acids is 2. The third kappa shape index (κ3) is 4.82. The van der Waals surface area contributed by atoms with Crippen LogP contribution < -0.4 is 20.3 Å². The van der Waals surface area contributed by atoms with Crippen LogP contribution in [0.2, 0.25) is 0 Å². The van der Waals surface area contributed by atoms with Crippen LogP contribution in [0.15, 0.2) is 77.4 Å². The number of aryl methyl sites for hydroxylation is 1. The van der Waals surface area contributed by atoms with Gasteiger partial charge in [0.1, 0.15) is 17.6 Å². The molecule has 7 nitrogen and oxygen atoms in total. The molecule has 0 bridgehead atoms. The number of furan rings is 1. The fourth-order valence-electron chi connectivity index (χ4n) is 4.92. The largest absolute Gasteiger partial charge is 0.496 e. The van der Waals surface area contributed by atoms with Crippen LogP contribution >= 0.6 is 0 Å². The molecule has 5 rings (SSSR count). The predicted molar refractivity (Wildman–Crippen MR) is 145 cm³/mol. The van der Waals surface area contributed by atoms with Gasteiger partial charge < -0.3 is 24.7 Å². The molecule has 0 radical (unpaired) electrons. The van der Waals surface area contributed by atoms with Gasteiger partial charge in [0.2, 0.25) is 11.8 Å². The van der Waals surface area contributed by atoms with E-state index in [-0.39, 0.29) is 11.8 Å².